The summed E-state index contributed by atoms with van der Waals surface area (Å²) in [4.78, 5) is 0. The van der Waals surface area contributed by atoms with Crippen molar-refractivity contribution in [2.24, 2.45) is 0 Å². The Morgan fingerprint density at radius 1 is 1.40 bits per heavy atom. The van der Waals surface area contributed by atoms with Crippen molar-refractivity contribution >= 4 is 5.65 Å². The number of nitrogens with zero attached hydrogens (tertiary/aromatic N) is 3. The number of fused-ring (bicyclic) bond motifs is 1. The minimum atomic E-state index is 0.903. The first-order chi connectivity index (χ1) is 4.88. The van der Waals surface area contributed by atoms with Gasteiger partial charge in [0.2, 0.25) is 0 Å². The monoisotopic (exact) mass is 133 g/mol. The van der Waals surface area contributed by atoms with Gasteiger partial charge in [0.15, 0.2) is 5.65 Å². The average molecular weight is 133 g/mol. The fourth-order valence-electron chi connectivity index (χ4n) is 0.983. The molecule has 2 aromatic rings. The molecule has 0 fully saturated rings. The zero-order valence-corrected chi connectivity index (χ0v) is 5.65. The maximum absolute atomic E-state index is 3.89. The summed E-state index contributed by atoms with van der Waals surface area (Å²) >= 11 is 0. The van der Waals surface area contributed by atoms with Crippen molar-refractivity contribution in [2.75, 3.05) is 0 Å². The van der Waals surface area contributed by atoms with Gasteiger partial charge in [0.25, 0.3) is 0 Å². The van der Waals surface area contributed by atoms with Crippen molar-refractivity contribution in [3.8, 4) is 0 Å². The van der Waals surface area contributed by atoms with Crippen LogP contribution in [-0.2, 0) is 0 Å². The molecule has 10 heavy (non-hydrogen) atoms. The number of aryl methyl sites for hydroxylation is 1. The summed E-state index contributed by atoms with van der Waals surface area (Å²) in [7, 11) is 0. The Labute approximate surface area is 58.3 Å². The maximum Gasteiger partial charge on any atom is 0.160 e. The van der Waals surface area contributed by atoms with Crippen molar-refractivity contribution in [3.63, 3.8) is 0 Å². The number of pyridine rings is 1. The summed E-state index contributed by atoms with van der Waals surface area (Å²) in [6.45, 7) is 2.02. The second kappa shape index (κ2) is 1.80. The van der Waals surface area contributed by atoms with Crippen molar-refractivity contribution in [2.45, 2.75) is 6.92 Å². The van der Waals surface area contributed by atoms with Gasteiger partial charge in [0.1, 0.15) is 6.33 Å². The van der Waals surface area contributed by atoms with Crippen molar-refractivity contribution < 1.29 is 0 Å². The highest BCUT2D eigenvalue weighted by Crippen LogP contribution is 2.01. The third-order valence-corrected chi connectivity index (χ3v) is 1.54. The van der Waals surface area contributed by atoms with Crippen LogP contribution in [0.2, 0.25) is 0 Å². The van der Waals surface area contributed by atoms with Crippen LogP contribution < -0.4 is 0 Å². The molecule has 0 aliphatic rings. The molecule has 0 unspecified atom stereocenters. The summed E-state index contributed by atoms with van der Waals surface area (Å²) < 4.78 is 1.94. The molecule has 3 nitrogen and oxygen atoms in total. The van der Waals surface area contributed by atoms with Crippen molar-refractivity contribution in [3.05, 3.63) is 30.2 Å². The van der Waals surface area contributed by atoms with E-state index in [1.165, 1.54) is 0 Å². The maximum atomic E-state index is 3.89. The molecule has 0 radical (unpaired) electrons. The Morgan fingerprint density at radius 3 is 3.10 bits per heavy atom. The minimum absolute atomic E-state index is 0.903. The van der Waals surface area contributed by atoms with Crippen molar-refractivity contribution in [1.82, 2.24) is 14.6 Å². The number of rotatable bonds is 0. The van der Waals surface area contributed by atoms with Crippen LogP contribution in [0.15, 0.2) is 24.5 Å². The fourth-order valence-corrected chi connectivity index (χ4v) is 0.983. The molecule has 2 heterocycles. The van der Waals surface area contributed by atoms with Crippen LogP contribution in [0, 0.1) is 6.92 Å². The molecule has 0 saturated carbocycles. The molecule has 0 aliphatic carbocycles. The van der Waals surface area contributed by atoms with Crippen LogP contribution in [0.5, 0.6) is 0 Å². The van der Waals surface area contributed by atoms with E-state index in [2.05, 4.69) is 10.2 Å². The van der Waals surface area contributed by atoms with Gasteiger partial charge >= 0.3 is 0 Å². The number of aromatic nitrogens is 3. The van der Waals surface area contributed by atoms with Crippen molar-refractivity contribution in [1.29, 1.82) is 0 Å². The highest BCUT2D eigenvalue weighted by molar-refractivity contribution is 5.37. The Balaban J connectivity index is 2.95. The Kier molecular flexibility index (Phi) is 0.974. The lowest BCUT2D eigenvalue weighted by Crippen LogP contribution is -1.86. The number of hydrogen-bond donors (Lipinski definition) is 0. The van der Waals surface area contributed by atoms with Crippen LogP contribution >= 0.6 is 0 Å². The second-order valence-electron chi connectivity index (χ2n) is 2.23. The molecule has 50 valence electrons. The summed E-state index contributed by atoms with van der Waals surface area (Å²) in [5, 5.41) is 7.67. The van der Waals surface area contributed by atoms with Gasteiger partial charge in [-0.25, -0.2) is 0 Å². The van der Waals surface area contributed by atoms with Crippen LogP contribution in [-0.4, -0.2) is 14.6 Å². The molecule has 0 amide bonds. The minimum Gasteiger partial charge on any atom is -0.286 e. The third-order valence-electron chi connectivity index (χ3n) is 1.54. The lowest BCUT2D eigenvalue weighted by atomic mass is 10.4. The second-order valence-corrected chi connectivity index (χ2v) is 2.23. The van der Waals surface area contributed by atoms with Crippen LogP contribution in [0.4, 0.5) is 0 Å². The molecule has 0 bridgehead atoms. The normalized spacial score (nSPS) is 10.5. The van der Waals surface area contributed by atoms with Crippen LogP contribution in [0.25, 0.3) is 5.65 Å². The molecule has 0 aliphatic heterocycles. The van der Waals surface area contributed by atoms with Gasteiger partial charge in [-0.3, -0.25) is 4.40 Å². The fraction of sp³-hybridized carbons (Fsp3) is 0.143. The largest absolute Gasteiger partial charge is 0.286 e. The van der Waals surface area contributed by atoms with Gasteiger partial charge in [-0.05, 0) is 19.1 Å². The summed E-state index contributed by atoms with van der Waals surface area (Å²) in [6, 6.07) is 5.93. The molecule has 2 aromatic heterocycles. The van der Waals surface area contributed by atoms with Gasteiger partial charge in [-0.15, -0.1) is 10.2 Å². The van der Waals surface area contributed by atoms with Gasteiger partial charge in [-0.1, -0.05) is 6.07 Å². The lowest BCUT2D eigenvalue weighted by Gasteiger charge is -1.94. The standard InChI is InChI=1S/C7H7N3/c1-6-3-2-4-7-9-8-5-10(6)7/h2-5H,1H3. The van der Waals surface area contributed by atoms with E-state index in [9.17, 15) is 0 Å². The van der Waals surface area contributed by atoms with Gasteiger partial charge < -0.3 is 0 Å². The van der Waals surface area contributed by atoms with E-state index in [-0.39, 0.29) is 0 Å². The molecule has 0 saturated heterocycles. The number of hydrogen-bond acceptors (Lipinski definition) is 2. The Bertz CT molecular complexity index is 350. The molecule has 0 aromatic carbocycles. The molecule has 3 heteroatoms. The van der Waals surface area contributed by atoms with Gasteiger partial charge in [-0.2, -0.15) is 0 Å². The predicted molar refractivity (Wildman–Crippen MR) is 37.7 cm³/mol. The lowest BCUT2D eigenvalue weighted by molar-refractivity contribution is 1.07. The molecule has 0 atom stereocenters. The van der Waals surface area contributed by atoms with E-state index < -0.39 is 0 Å². The third kappa shape index (κ3) is 0.603. The first-order valence-corrected chi connectivity index (χ1v) is 3.13. The van der Waals surface area contributed by atoms with E-state index in [1.807, 2.05) is 29.5 Å². The van der Waals surface area contributed by atoms with E-state index in [1.54, 1.807) is 6.33 Å². The highest BCUT2D eigenvalue weighted by atomic mass is 15.2. The van der Waals surface area contributed by atoms with E-state index in [0.717, 1.165) is 11.3 Å². The topological polar surface area (TPSA) is 30.2 Å². The molecule has 0 N–H and O–H groups in total. The average Bonchev–Trinajstić information content (AvgIpc) is 2.36. The molecular formula is C7H7N3. The van der Waals surface area contributed by atoms with Crippen LogP contribution in [0.3, 0.4) is 0 Å². The Hall–Kier alpha value is -1.38. The van der Waals surface area contributed by atoms with E-state index >= 15 is 0 Å². The zero-order valence-electron chi connectivity index (χ0n) is 5.65. The van der Waals surface area contributed by atoms with Gasteiger partial charge in [0.05, 0.1) is 0 Å². The quantitative estimate of drug-likeness (QED) is 0.537. The van der Waals surface area contributed by atoms with E-state index in [0.29, 0.717) is 0 Å². The molecule has 0 spiro atoms. The first kappa shape index (κ1) is 5.41. The van der Waals surface area contributed by atoms with Gasteiger partial charge in [0, 0.05) is 5.69 Å². The molecule has 2 rings (SSSR count). The molecular weight excluding hydrogens is 126 g/mol. The smallest absolute Gasteiger partial charge is 0.160 e. The zero-order chi connectivity index (χ0) is 6.97. The summed E-state index contributed by atoms with van der Waals surface area (Å²) in [6.07, 6.45) is 1.71. The van der Waals surface area contributed by atoms with Crippen LogP contribution in [0.1, 0.15) is 5.69 Å². The highest BCUT2D eigenvalue weighted by Gasteiger charge is 1.93. The summed E-state index contributed by atoms with van der Waals surface area (Å²) in [5.41, 5.74) is 2.06. The predicted octanol–water partition coefficient (Wildman–Crippen LogP) is 1.04. The SMILES string of the molecule is Cc1cccc2nncn12. The Morgan fingerprint density at radius 2 is 2.30 bits per heavy atom. The van der Waals surface area contributed by atoms with E-state index in [4.69, 9.17) is 0 Å². The summed E-state index contributed by atoms with van der Waals surface area (Å²) in [5.74, 6) is 0. The first-order valence-electron chi connectivity index (χ1n) is 3.13.